The van der Waals surface area contributed by atoms with E-state index in [-0.39, 0.29) is 5.91 Å². The minimum atomic E-state index is -0.782. The van der Waals surface area contributed by atoms with Crippen molar-refractivity contribution in [2.24, 2.45) is 0 Å². The number of thiophene rings is 1. The molecular weight excluding hydrogens is 328 g/mol. The van der Waals surface area contributed by atoms with Crippen LogP contribution in [0.15, 0.2) is 22.0 Å². The molecule has 0 radical (unpaired) electrons. The van der Waals surface area contributed by atoms with Crippen LogP contribution < -0.4 is 5.32 Å². The number of rotatable bonds is 3. The van der Waals surface area contributed by atoms with E-state index in [0.29, 0.717) is 26.1 Å². The highest BCUT2D eigenvalue weighted by molar-refractivity contribution is 9.10. The molecule has 1 aliphatic rings. The number of ether oxygens (including phenoxy) is 1. The largest absolute Gasteiger partial charge is 0.381 e. The topological polar surface area (TPSA) is 62.1 Å². The van der Waals surface area contributed by atoms with Crippen molar-refractivity contribution >= 4 is 39.2 Å². The molecule has 0 saturated carbocycles. The van der Waals surface area contributed by atoms with Gasteiger partial charge in [-0.25, -0.2) is 0 Å². The first-order valence-electron chi connectivity index (χ1n) is 5.87. The summed E-state index contributed by atoms with van der Waals surface area (Å²) in [7, 11) is 0. The zero-order valence-electron chi connectivity index (χ0n) is 10.2. The lowest BCUT2D eigenvalue weighted by Gasteiger charge is -2.30. The maximum Gasteiger partial charge on any atom is 0.245 e. The van der Waals surface area contributed by atoms with E-state index in [0.717, 1.165) is 9.35 Å². The third-order valence-corrected chi connectivity index (χ3v) is 4.57. The van der Waals surface area contributed by atoms with E-state index in [1.54, 1.807) is 17.4 Å². The van der Waals surface area contributed by atoms with E-state index < -0.39 is 5.54 Å². The highest BCUT2D eigenvalue weighted by atomic mass is 79.9. The lowest BCUT2D eigenvalue weighted by atomic mass is 9.92. The summed E-state index contributed by atoms with van der Waals surface area (Å²) in [6.07, 6.45) is 4.28. The molecular formula is C13H13BrN2O2S. The van der Waals surface area contributed by atoms with Crippen LogP contribution in [0.1, 0.15) is 17.7 Å². The van der Waals surface area contributed by atoms with Crippen LogP contribution in [0.5, 0.6) is 0 Å². The Labute approximate surface area is 124 Å². The minimum absolute atomic E-state index is 0.243. The Balaban J connectivity index is 1.97. The lowest BCUT2D eigenvalue weighted by molar-refractivity contribution is -0.118. The van der Waals surface area contributed by atoms with Crippen molar-refractivity contribution in [3.8, 4) is 6.07 Å². The van der Waals surface area contributed by atoms with Gasteiger partial charge in [0.05, 0.1) is 6.07 Å². The van der Waals surface area contributed by atoms with Crippen LogP contribution in [0.3, 0.4) is 0 Å². The number of amides is 1. The predicted molar refractivity (Wildman–Crippen MR) is 77.6 cm³/mol. The first-order valence-corrected chi connectivity index (χ1v) is 7.54. The fourth-order valence-corrected chi connectivity index (χ4v) is 3.17. The van der Waals surface area contributed by atoms with Gasteiger partial charge in [-0.1, -0.05) is 0 Å². The number of halogens is 1. The first-order chi connectivity index (χ1) is 9.13. The standard InChI is InChI=1S/C13H13BrN2O2S/c14-10-7-11(19-8-10)1-2-12(17)16-13(9-15)3-5-18-6-4-13/h1-2,7-8H,3-6H2,(H,16,17)/b2-1+. The second kappa shape index (κ2) is 6.33. The number of nitriles is 1. The Kier molecular flexibility index (Phi) is 4.75. The maximum atomic E-state index is 11.9. The van der Waals surface area contributed by atoms with Crippen LogP contribution in [0.25, 0.3) is 6.08 Å². The molecule has 2 rings (SSSR count). The summed E-state index contributed by atoms with van der Waals surface area (Å²) in [5, 5.41) is 14.0. The Morgan fingerprint density at radius 1 is 1.58 bits per heavy atom. The van der Waals surface area contributed by atoms with Crippen molar-refractivity contribution in [2.45, 2.75) is 18.4 Å². The summed E-state index contributed by atoms with van der Waals surface area (Å²) < 4.78 is 6.21. The molecule has 1 amide bonds. The quantitative estimate of drug-likeness (QED) is 0.860. The van der Waals surface area contributed by atoms with Gasteiger partial charge in [0.2, 0.25) is 5.91 Å². The molecule has 0 atom stereocenters. The molecule has 0 unspecified atom stereocenters. The summed E-state index contributed by atoms with van der Waals surface area (Å²) in [4.78, 5) is 12.8. The average molecular weight is 341 g/mol. The van der Waals surface area contributed by atoms with Crippen molar-refractivity contribution in [2.75, 3.05) is 13.2 Å². The van der Waals surface area contributed by atoms with Gasteiger partial charge < -0.3 is 10.1 Å². The van der Waals surface area contributed by atoms with Gasteiger partial charge in [0, 0.05) is 46.9 Å². The van der Waals surface area contributed by atoms with E-state index in [1.807, 2.05) is 11.4 Å². The SMILES string of the molecule is N#CC1(NC(=O)/C=C/c2cc(Br)cs2)CCOCC1. The fourth-order valence-electron chi connectivity index (χ4n) is 1.84. The monoisotopic (exact) mass is 340 g/mol. The Hall–Kier alpha value is -1.16. The van der Waals surface area contributed by atoms with Gasteiger partial charge in [-0.2, -0.15) is 5.26 Å². The molecule has 1 saturated heterocycles. The van der Waals surface area contributed by atoms with E-state index in [1.165, 1.54) is 6.08 Å². The van der Waals surface area contributed by atoms with Gasteiger partial charge in [0.1, 0.15) is 5.54 Å². The van der Waals surface area contributed by atoms with Gasteiger partial charge >= 0.3 is 0 Å². The molecule has 1 aromatic rings. The molecule has 0 spiro atoms. The van der Waals surface area contributed by atoms with Crippen LogP contribution in [0, 0.1) is 11.3 Å². The smallest absolute Gasteiger partial charge is 0.245 e. The minimum Gasteiger partial charge on any atom is -0.381 e. The van der Waals surface area contributed by atoms with Crippen molar-refractivity contribution in [3.05, 3.63) is 26.9 Å². The third-order valence-electron chi connectivity index (χ3n) is 2.91. The molecule has 2 heterocycles. The summed E-state index contributed by atoms with van der Waals surface area (Å²) in [5.74, 6) is -0.243. The number of hydrogen-bond acceptors (Lipinski definition) is 4. The Morgan fingerprint density at radius 2 is 2.32 bits per heavy atom. The summed E-state index contributed by atoms with van der Waals surface area (Å²) >= 11 is 4.90. The molecule has 6 heteroatoms. The normalized spacial score (nSPS) is 18.1. The molecule has 0 bridgehead atoms. The van der Waals surface area contributed by atoms with Crippen molar-refractivity contribution in [3.63, 3.8) is 0 Å². The van der Waals surface area contributed by atoms with Crippen LogP contribution in [-0.4, -0.2) is 24.7 Å². The highest BCUT2D eigenvalue weighted by Gasteiger charge is 2.33. The van der Waals surface area contributed by atoms with Crippen LogP contribution in [0.4, 0.5) is 0 Å². The maximum absolute atomic E-state index is 11.9. The molecule has 4 nitrogen and oxygen atoms in total. The molecule has 19 heavy (non-hydrogen) atoms. The molecule has 1 fully saturated rings. The number of carbonyl (C=O) groups excluding carboxylic acids is 1. The van der Waals surface area contributed by atoms with Crippen molar-refractivity contribution in [1.29, 1.82) is 5.26 Å². The van der Waals surface area contributed by atoms with Crippen LogP contribution >= 0.6 is 27.3 Å². The molecule has 1 N–H and O–H groups in total. The van der Waals surface area contributed by atoms with Crippen LogP contribution in [-0.2, 0) is 9.53 Å². The fraction of sp³-hybridized carbons (Fsp3) is 0.385. The van der Waals surface area contributed by atoms with Gasteiger partial charge in [-0.15, -0.1) is 11.3 Å². The Bertz CT molecular complexity index is 527. The van der Waals surface area contributed by atoms with Gasteiger partial charge in [-0.3, -0.25) is 4.79 Å². The van der Waals surface area contributed by atoms with Crippen molar-refractivity contribution in [1.82, 2.24) is 5.32 Å². The molecule has 0 aliphatic carbocycles. The molecule has 100 valence electrons. The zero-order valence-corrected chi connectivity index (χ0v) is 12.6. The number of nitrogens with one attached hydrogen (secondary N) is 1. The van der Waals surface area contributed by atoms with E-state index in [9.17, 15) is 10.1 Å². The van der Waals surface area contributed by atoms with Gasteiger partial charge in [0.15, 0.2) is 0 Å². The third kappa shape index (κ3) is 3.90. The van der Waals surface area contributed by atoms with E-state index >= 15 is 0 Å². The lowest BCUT2D eigenvalue weighted by Crippen LogP contribution is -2.50. The molecule has 1 aliphatic heterocycles. The average Bonchev–Trinajstić information content (AvgIpc) is 2.83. The molecule has 0 aromatic carbocycles. The van der Waals surface area contributed by atoms with Crippen LogP contribution in [0.2, 0.25) is 0 Å². The number of carbonyl (C=O) groups is 1. The molecule has 1 aromatic heterocycles. The summed E-state index contributed by atoms with van der Waals surface area (Å²) in [6.45, 7) is 1.02. The summed E-state index contributed by atoms with van der Waals surface area (Å²) in [6, 6.07) is 4.13. The number of nitrogens with zero attached hydrogens (tertiary/aromatic N) is 1. The van der Waals surface area contributed by atoms with Gasteiger partial charge in [0.25, 0.3) is 0 Å². The van der Waals surface area contributed by atoms with E-state index in [4.69, 9.17) is 4.74 Å². The summed E-state index contributed by atoms with van der Waals surface area (Å²) in [5.41, 5.74) is -0.782. The Morgan fingerprint density at radius 3 is 2.89 bits per heavy atom. The van der Waals surface area contributed by atoms with E-state index in [2.05, 4.69) is 27.3 Å². The van der Waals surface area contributed by atoms with Gasteiger partial charge in [-0.05, 0) is 28.1 Å². The number of hydrogen-bond donors (Lipinski definition) is 1. The zero-order chi connectivity index (χ0) is 13.7. The first kappa shape index (κ1) is 14.3. The predicted octanol–water partition coefficient (Wildman–Crippen LogP) is 2.71. The highest BCUT2D eigenvalue weighted by Crippen LogP contribution is 2.22. The second-order valence-electron chi connectivity index (χ2n) is 4.30. The second-order valence-corrected chi connectivity index (χ2v) is 6.15. The van der Waals surface area contributed by atoms with Crippen molar-refractivity contribution < 1.29 is 9.53 Å².